The van der Waals surface area contributed by atoms with Crippen LogP contribution in [-0.2, 0) is 14.8 Å². The predicted molar refractivity (Wildman–Crippen MR) is 127 cm³/mol. The number of nitrogens with one attached hydrogen (secondary N) is 1. The van der Waals surface area contributed by atoms with Gasteiger partial charge in [0.1, 0.15) is 0 Å². The number of anilines is 2. The van der Waals surface area contributed by atoms with Crippen LogP contribution in [0.4, 0.5) is 11.4 Å². The van der Waals surface area contributed by atoms with Gasteiger partial charge < -0.3 is 19.9 Å². The molecular weight excluding hydrogens is 456 g/mol. The molecule has 2 aliphatic heterocycles. The number of ether oxygens (including phenoxy) is 1. The number of hydrogen-bond acceptors (Lipinski definition) is 5. The molecule has 2 heterocycles. The minimum absolute atomic E-state index is 0.193. The molecule has 0 bridgehead atoms. The van der Waals surface area contributed by atoms with E-state index in [1.807, 2.05) is 18.2 Å². The summed E-state index contributed by atoms with van der Waals surface area (Å²) in [4.78, 5) is 4.59. The third kappa shape index (κ3) is 5.12. The first-order chi connectivity index (χ1) is 14.9. The Morgan fingerprint density at radius 2 is 1.65 bits per heavy atom. The molecule has 0 radical (unpaired) electrons. The van der Waals surface area contributed by atoms with E-state index in [4.69, 9.17) is 28.6 Å². The SMILES string of the molecule is O=S(=O)(c1ccc(Cl)c(NC(=S)N2CCN(c3ccccc3)CC2)c1)N1CCOCC1. The molecule has 2 fully saturated rings. The van der Waals surface area contributed by atoms with Crippen molar-refractivity contribution >= 4 is 50.3 Å². The molecule has 31 heavy (non-hydrogen) atoms. The van der Waals surface area contributed by atoms with Crippen LogP contribution in [0.15, 0.2) is 53.4 Å². The maximum absolute atomic E-state index is 13.0. The smallest absolute Gasteiger partial charge is 0.243 e. The van der Waals surface area contributed by atoms with Gasteiger partial charge in [0.25, 0.3) is 0 Å². The summed E-state index contributed by atoms with van der Waals surface area (Å²) in [6, 6.07) is 15.0. The summed E-state index contributed by atoms with van der Waals surface area (Å²) in [6.07, 6.45) is 0. The molecule has 0 aliphatic carbocycles. The van der Waals surface area contributed by atoms with E-state index >= 15 is 0 Å². The average molecular weight is 481 g/mol. The summed E-state index contributed by atoms with van der Waals surface area (Å²) in [5.74, 6) is 0. The number of sulfonamides is 1. The van der Waals surface area contributed by atoms with Crippen LogP contribution in [0, 0.1) is 0 Å². The summed E-state index contributed by atoms with van der Waals surface area (Å²) in [7, 11) is -3.61. The molecule has 1 N–H and O–H groups in total. The van der Waals surface area contributed by atoms with Crippen LogP contribution in [-0.4, -0.2) is 75.2 Å². The summed E-state index contributed by atoms with van der Waals surface area (Å²) >= 11 is 11.9. The lowest BCUT2D eigenvalue weighted by Gasteiger charge is -2.37. The van der Waals surface area contributed by atoms with Gasteiger partial charge in [0.15, 0.2) is 5.11 Å². The van der Waals surface area contributed by atoms with E-state index in [1.54, 1.807) is 12.1 Å². The molecule has 10 heteroatoms. The Labute approximate surface area is 193 Å². The van der Waals surface area contributed by atoms with Gasteiger partial charge in [-0.1, -0.05) is 29.8 Å². The molecule has 0 amide bonds. The van der Waals surface area contributed by atoms with Crippen molar-refractivity contribution in [2.45, 2.75) is 4.90 Å². The second kappa shape index (κ2) is 9.70. The molecule has 2 aromatic carbocycles. The highest BCUT2D eigenvalue weighted by Gasteiger charge is 2.27. The molecule has 0 saturated carbocycles. The maximum Gasteiger partial charge on any atom is 0.243 e. The second-order valence-corrected chi connectivity index (χ2v) is 10.1. The van der Waals surface area contributed by atoms with Crippen LogP contribution in [0.1, 0.15) is 0 Å². The largest absolute Gasteiger partial charge is 0.379 e. The lowest BCUT2D eigenvalue weighted by atomic mass is 10.2. The molecule has 0 spiro atoms. The van der Waals surface area contributed by atoms with E-state index in [1.165, 1.54) is 16.1 Å². The van der Waals surface area contributed by atoms with Gasteiger partial charge in [0.05, 0.1) is 28.8 Å². The van der Waals surface area contributed by atoms with Crippen LogP contribution >= 0.6 is 23.8 Å². The molecular formula is C21H25ClN4O3S2. The van der Waals surface area contributed by atoms with E-state index in [0.29, 0.717) is 42.1 Å². The van der Waals surface area contributed by atoms with Crippen molar-refractivity contribution in [2.24, 2.45) is 0 Å². The number of benzene rings is 2. The van der Waals surface area contributed by atoms with Crippen LogP contribution in [0.25, 0.3) is 0 Å². The number of piperazine rings is 1. The number of nitrogens with zero attached hydrogens (tertiary/aromatic N) is 3. The van der Waals surface area contributed by atoms with E-state index in [-0.39, 0.29) is 4.90 Å². The normalized spacial score (nSPS) is 18.1. The van der Waals surface area contributed by atoms with Crippen molar-refractivity contribution in [3.63, 3.8) is 0 Å². The number of morpholine rings is 1. The van der Waals surface area contributed by atoms with Crippen molar-refractivity contribution in [1.29, 1.82) is 0 Å². The van der Waals surface area contributed by atoms with Gasteiger partial charge in [-0.3, -0.25) is 0 Å². The van der Waals surface area contributed by atoms with Gasteiger partial charge >= 0.3 is 0 Å². The van der Waals surface area contributed by atoms with Crippen LogP contribution in [0.2, 0.25) is 5.02 Å². The van der Waals surface area contributed by atoms with Crippen molar-refractivity contribution in [3.05, 3.63) is 53.6 Å². The van der Waals surface area contributed by atoms with E-state index in [9.17, 15) is 8.42 Å². The number of halogens is 1. The molecule has 0 aromatic heterocycles. The van der Waals surface area contributed by atoms with E-state index in [2.05, 4.69) is 27.2 Å². The zero-order chi connectivity index (χ0) is 21.8. The first kappa shape index (κ1) is 22.3. The zero-order valence-electron chi connectivity index (χ0n) is 17.0. The Balaban J connectivity index is 1.42. The molecule has 4 rings (SSSR count). The Hall–Kier alpha value is -1.91. The molecule has 0 unspecified atom stereocenters. The maximum atomic E-state index is 13.0. The van der Waals surface area contributed by atoms with Crippen LogP contribution in [0.5, 0.6) is 0 Å². The molecule has 2 saturated heterocycles. The van der Waals surface area contributed by atoms with Crippen LogP contribution in [0.3, 0.4) is 0 Å². The standard InChI is InChI=1S/C21H25ClN4O3S2/c22-19-7-6-18(31(27,28)26-12-14-29-15-13-26)16-20(19)23-21(30)25-10-8-24(9-11-25)17-4-2-1-3-5-17/h1-7,16H,8-15H2,(H,23,30). The Morgan fingerprint density at radius 1 is 0.968 bits per heavy atom. The van der Waals surface area contributed by atoms with Gasteiger partial charge in [-0.05, 0) is 42.5 Å². The fourth-order valence-electron chi connectivity index (χ4n) is 3.70. The molecule has 0 atom stereocenters. The topological polar surface area (TPSA) is 65.1 Å². The fourth-order valence-corrected chi connectivity index (χ4v) is 5.59. The molecule has 2 aliphatic rings. The summed E-state index contributed by atoms with van der Waals surface area (Å²) in [6.45, 7) is 4.73. The number of rotatable bonds is 4. The van der Waals surface area contributed by atoms with Gasteiger partial charge in [-0.2, -0.15) is 4.31 Å². The Morgan fingerprint density at radius 3 is 2.32 bits per heavy atom. The van der Waals surface area contributed by atoms with Crippen LogP contribution < -0.4 is 10.2 Å². The Bertz CT molecular complexity index is 1020. The quantitative estimate of drug-likeness (QED) is 0.675. The van der Waals surface area contributed by atoms with Crippen molar-refractivity contribution in [3.8, 4) is 0 Å². The molecule has 7 nitrogen and oxygen atoms in total. The lowest BCUT2D eigenvalue weighted by Crippen LogP contribution is -2.50. The van der Waals surface area contributed by atoms with Crippen molar-refractivity contribution in [2.75, 3.05) is 62.7 Å². The van der Waals surface area contributed by atoms with Crippen molar-refractivity contribution < 1.29 is 13.2 Å². The highest BCUT2D eigenvalue weighted by molar-refractivity contribution is 7.89. The summed E-state index contributed by atoms with van der Waals surface area (Å²) < 4.78 is 32.6. The highest BCUT2D eigenvalue weighted by atomic mass is 35.5. The number of para-hydroxylation sites is 1. The Kier molecular flexibility index (Phi) is 6.98. The average Bonchev–Trinajstić information content (AvgIpc) is 2.81. The fraction of sp³-hybridized carbons (Fsp3) is 0.381. The third-order valence-electron chi connectivity index (χ3n) is 5.48. The summed E-state index contributed by atoms with van der Waals surface area (Å²) in [5, 5.41) is 4.11. The van der Waals surface area contributed by atoms with E-state index < -0.39 is 10.0 Å². The third-order valence-corrected chi connectivity index (χ3v) is 8.06. The van der Waals surface area contributed by atoms with Gasteiger partial charge in [0.2, 0.25) is 10.0 Å². The number of hydrogen-bond donors (Lipinski definition) is 1. The minimum Gasteiger partial charge on any atom is -0.379 e. The molecule has 2 aromatic rings. The van der Waals surface area contributed by atoms with Gasteiger partial charge in [0, 0.05) is 45.0 Å². The van der Waals surface area contributed by atoms with Gasteiger partial charge in [-0.25, -0.2) is 8.42 Å². The van der Waals surface area contributed by atoms with Crippen molar-refractivity contribution in [1.82, 2.24) is 9.21 Å². The second-order valence-electron chi connectivity index (χ2n) is 7.40. The number of thiocarbonyl (C=S) groups is 1. The highest BCUT2D eigenvalue weighted by Crippen LogP contribution is 2.28. The van der Waals surface area contributed by atoms with E-state index in [0.717, 1.165) is 26.2 Å². The first-order valence-electron chi connectivity index (χ1n) is 10.2. The molecule has 166 valence electrons. The lowest BCUT2D eigenvalue weighted by molar-refractivity contribution is 0.0730. The minimum atomic E-state index is -3.61. The first-order valence-corrected chi connectivity index (χ1v) is 12.4. The zero-order valence-corrected chi connectivity index (χ0v) is 19.4. The monoisotopic (exact) mass is 480 g/mol. The summed E-state index contributed by atoms with van der Waals surface area (Å²) in [5.41, 5.74) is 1.69. The van der Waals surface area contributed by atoms with Gasteiger partial charge in [-0.15, -0.1) is 0 Å². The predicted octanol–water partition coefficient (Wildman–Crippen LogP) is 2.88.